The average molecular weight is 490 g/mol. The van der Waals surface area contributed by atoms with Gasteiger partial charge in [0.2, 0.25) is 0 Å². The Bertz CT molecular complexity index is 993. The smallest absolute Gasteiger partial charge is 0.387 e. The van der Waals surface area contributed by atoms with Crippen molar-refractivity contribution in [1.29, 1.82) is 0 Å². The third-order valence-corrected chi connectivity index (χ3v) is 4.70. The largest absolute Gasteiger partial charge is 0.452 e. The molecule has 3 amide bonds. The van der Waals surface area contributed by atoms with E-state index in [0.29, 0.717) is 10.6 Å². The summed E-state index contributed by atoms with van der Waals surface area (Å²) in [5, 5.41) is 5.01. The number of benzene rings is 2. The Labute approximate surface area is 191 Å². The highest BCUT2D eigenvalue weighted by atomic mass is 35.5. The molecule has 2 aromatic carbocycles. The van der Waals surface area contributed by atoms with Gasteiger partial charge >= 0.3 is 18.6 Å². The van der Waals surface area contributed by atoms with Crippen molar-refractivity contribution < 1.29 is 32.6 Å². The number of nitrogens with one attached hydrogen (secondary N) is 2. The zero-order valence-electron chi connectivity index (χ0n) is 16.6. The van der Waals surface area contributed by atoms with E-state index in [0.717, 1.165) is 6.07 Å². The molecule has 0 saturated carbocycles. The average Bonchev–Trinajstić information content (AvgIpc) is 2.69. The van der Waals surface area contributed by atoms with Crippen molar-refractivity contribution in [2.75, 3.05) is 5.32 Å². The number of nitrogens with two attached hydrogens (primary N) is 1. The van der Waals surface area contributed by atoms with Crippen molar-refractivity contribution in [3.63, 3.8) is 0 Å². The van der Waals surface area contributed by atoms with Gasteiger partial charge in [-0.15, -0.1) is 0 Å². The van der Waals surface area contributed by atoms with Gasteiger partial charge in [0.15, 0.2) is 6.10 Å². The summed E-state index contributed by atoms with van der Waals surface area (Å²) in [6, 6.07) is 8.45. The van der Waals surface area contributed by atoms with Crippen LogP contribution in [-0.2, 0) is 14.3 Å². The van der Waals surface area contributed by atoms with Gasteiger partial charge in [-0.25, -0.2) is 4.79 Å². The quantitative estimate of drug-likeness (QED) is 0.454. The Kier molecular flexibility index (Phi) is 9.03. The molecule has 0 bridgehead atoms. The zero-order chi connectivity index (χ0) is 23.8. The number of esters is 1. The number of hydrogen-bond acceptors (Lipinski definition) is 5. The third-order valence-electron chi connectivity index (χ3n) is 4.06. The van der Waals surface area contributed by atoms with E-state index >= 15 is 0 Å². The SMILES string of the molecule is C[C@H](OC(=O)C[C@@H](NC(N)=O)c1ccccc1Cl)C(=O)Nc1ccc(OC(F)F)c(Cl)c1. The summed E-state index contributed by atoms with van der Waals surface area (Å²) < 4.78 is 33.9. The van der Waals surface area contributed by atoms with E-state index in [-0.39, 0.29) is 22.9 Å². The molecule has 0 spiro atoms. The van der Waals surface area contributed by atoms with Crippen molar-refractivity contribution in [3.8, 4) is 5.75 Å². The Morgan fingerprint density at radius 1 is 1.09 bits per heavy atom. The molecule has 8 nitrogen and oxygen atoms in total. The number of rotatable bonds is 9. The molecule has 2 atom stereocenters. The molecule has 0 aliphatic carbocycles. The van der Waals surface area contributed by atoms with Gasteiger partial charge in [-0.1, -0.05) is 41.4 Å². The molecule has 0 aromatic heterocycles. The number of hydrogen-bond donors (Lipinski definition) is 3. The monoisotopic (exact) mass is 489 g/mol. The fraction of sp³-hybridized carbons (Fsp3) is 0.250. The van der Waals surface area contributed by atoms with Crippen molar-refractivity contribution in [3.05, 3.63) is 58.1 Å². The number of ether oxygens (including phenoxy) is 2. The Hall–Kier alpha value is -3.11. The van der Waals surface area contributed by atoms with Crippen LogP contribution in [0, 0.1) is 0 Å². The lowest BCUT2D eigenvalue weighted by Crippen LogP contribution is -2.36. The minimum Gasteiger partial charge on any atom is -0.452 e. The highest BCUT2D eigenvalue weighted by Gasteiger charge is 2.24. The van der Waals surface area contributed by atoms with Gasteiger partial charge < -0.3 is 25.8 Å². The van der Waals surface area contributed by atoms with E-state index in [2.05, 4.69) is 15.4 Å². The van der Waals surface area contributed by atoms with Gasteiger partial charge in [-0.3, -0.25) is 9.59 Å². The molecule has 2 rings (SSSR count). The number of urea groups is 1. The molecule has 0 radical (unpaired) electrons. The van der Waals surface area contributed by atoms with Crippen LogP contribution in [0.4, 0.5) is 19.3 Å². The minimum atomic E-state index is -3.05. The Morgan fingerprint density at radius 2 is 1.78 bits per heavy atom. The number of anilines is 1. The second-order valence-corrected chi connectivity index (χ2v) is 7.25. The fourth-order valence-electron chi connectivity index (χ4n) is 2.65. The first kappa shape index (κ1) is 25.2. The van der Waals surface area contributed by atoms with E-state index < -0.39 is 36.7 Å². The van der Waals surface area contributed by atoms with Gasteiger partial charge in [0.25, 0.3) is 5.91 Å². The molecule has 0 unspecified atom stereocenters. The lowest BCUT2D eigenvalue weighted by atomic mass is 10.0. The topological polar surface area (TPSA) is 120 Å². The van der Waals surface area contributed by atoms with E-state index in [1.54, 1.807) is 24.3 Å². The molecule has 4 N–H and O–H groups in total. The van der Waals surface area contributed by atoms with Crippen LogP contribution in [0.2, 0.25) is 10.0 Å². The van der Waals surface area contributed by atoms with E-state index in [4.69, 9.17) is 33.7 Å². The number of primary amides is 1. The van der Waals surface area contributed by atoms with Gasteiger partial charge in [0.1, 0.15) is 5.75 Å². The predicted molar refractivity (Wildman–Crippen MR) is 114 cm³/mol. The predicted octanol–water partition coefficient (Wildman–Crippen LogP) is 4.26. The summed E-state index contributed by atoms with van der Waals surface area (Å²) in [5.74, 6) is -1.76. The lowest BCUT2D eigenvalue weighted by Gasteiger charge is -2.20. The zero-order valence-corrected chi connectivity index (χ0v) is 18.1. The first-order valence-electron chi connectivity index (χ1n) is 9.12. The van der Waals surface area contributed by atoms with Gasteiger partial charge in [-0.2, -0.15) is 8.78 Å². The van der Waals surface area contributed by atoms with E-state index in [9.17, 15) is 23.2 Å². The molecule has 12 heteroatoms. The van der Waals surface area contributed by atoms with Gasteiger partial charge in [0.05, 0.1) is 17.5 Å². The number of amides is 3. The summed E-state index contributed by atoms with van der Waals surface area (Å²) in [4.78, 5) is 36.0. The van der Waals surface area contributed by atoms with Crippen LogP contribution in [0.15, 0.2) is 42.5 Å². The van der Waals surface area contributed by atoms with Crippen molar-refractivity contribution >= 4 is 46.8 Å². The maximum Gasteiger partial charge on any atom is 0.387 e. The summed E-state index contributed by atoms with van der Waals surface area (Å²) in [6.45, 7) is -1.72. The standard InChI is InChI=1S/C20H19Cl2F2N3O5/c1-10(18(29)26-11-6-7-16(14(22)8-11)32-19(23)24)31-17(28)9-15(27-20(25)30)12-4-2-3-5-13(12)21/h2-8,10,15,19H,9H2,1H3,(H,26,29)(H3,25,27,30)/t10-,15+/m0/s1. The van der Waals surface area contributed by atoms with Crippen molar-refractivity contribution in [1.82, 2.24) is 5.32 Å². The molecule has 0 fully saturated rings. The van der Waals surface area contributed by atoms with Crippen molar-refractivity contribution in [2.24, 2.45) is 5.73 Å². The van der Waals surface area contributed by atoms with Crippen LogP contribution in [-0.4, -0.2) is 30.6 Å². The van der Waals surface area contributed by atoms with Crippen LogP contribution in [0.25, 0.3) is 0 Å². The number of halogens is 4. The lowest BCUT2D eigenvalue weighted by molar-refractivity contribution is -0.153. The summed E-state index contributed by atoms with van der Waals surface area (Å²) in [5.41, 5.74) is 5.79. The number of carbonyl (C=O) groups excluding carboxylic acids is 3. The molecule has 0 saturated heterocycles. The summed E-state index contributed by atoms with van der Waals surface area (Å²) >= 11 is 12.0. The maximum absolute atomic E-state index is 12.3. The molecule has 0 heterocycles. The first-order chi connectivity index (χ1) is 15.1. The van der Waals surface area contributed by atoms with Crippen LogP contribution in [0.3, 0.4) is 0 Å². The summed E-state index contributed by atoms with van der Waals surface area (Å²) in [6.07, 6.45) is -1.56. The third kappa shape index (κ3) is 7.54. The second kappa shape index (κ2) is 11.5. The fourth-order valence-corrected chi connectivity index (χ4v) is 3.14. The molecule has 172 valence electrons. The normalized spacial score (nSPS) is 12.6. The van der Waals surface area contributed by atoms with Crippen LogP contribution in [0.1, 0.15) is 24.9 Å². The van der Waals surface area contributed by atoms with Crippen molar-refractivity contribution in [2.45, 2.75) is 32.1 Å². The Morgan fingerprint density at radius 3 is 2.38 bits per heavy atom. The van der Waals surface area contributed by atoms with Gasteiger partial charge in [-0.05, 0) is 36.8 Å². The van der Waals surface area contributed by atoms with Crippen LogP contribution < -0.4 is 21.1 Å². The Balaban J connectivity index is 1.99. The van der Waals surface area contributed by atoms with Crippen LogP contribution in [0.5, 0.6) is 5.75 Å². The molecular formula is C20H19Cl2F2N3O5. The second-order valence-electron chi connectivity index (χ2n) is 6.43. The summed E-state index contributed by atoms with van der Waals surface area (Å²) in [7, 11) is 0. The van der Waals surface area contributed by atoms with Crippen LogP contribution >= 0.6 is 23.2 Å². The molecule has 0 aliphatic rings. The maximum atomic E-state index is 12.3. The number of alkyl halides is 2. The van der Waals surface area contributed by atoms with E-state index in [1.165, 1.54) is 19.1 Å². The molecule has 2 aromatic rings. The first-order valence-corrected chi connectivity index (χ1v) is 9.87. The highest BCUT2D eigenvalue weighted by Crippen LogP contribution is 2.29. The highest BCUT2D eigenvalue weighted by molar-refractivity contribution is 6.32. The molecule has 0 aliphatic heterocycles. The molecule has 32 heavy (non-hydrogen) atoms. The number of carbonyl (C=O) groups is 3. The minimum absolute atomic E-state index is 0.146. The molecular weight excluding hydrogens is 471 g/mol. The van der Waals surface area contributed by atoms with E-state index in [1.807, 2.05) is 0 Å². The van der Waals surface area contributed by atoms with Gasteiger partial charge in [0, 0.05) is 10.7 Å².